The standard InChI is InChI=1S/C32H28O3S/c1-34-26-17-13-23(14-18-26)29-21-28(22-9-5-3-6-10-22)30(32(36-29)25-11-7-4-8-12-25)31(33)24-15-19-27(35-2)20-16-24/h3-21,28,30,32H,1-2H3. The lowest BCUT2D eigenvalue weighted by Gasteiger charge is -2.37. The van der Waals surface area contributed by atoms with E-state index in [0.29, 0.717) is 5.56 Å². The minimum Gasteiger partial charge on any atom is -0.497 e. The molecule has 0 saturated heterocycles. The van der Waals surface area contributed by atoms with Crippen LogP contribution >= 0.6 is 11.8 Å². The van der Waals surface area contributed by atoms with Crippen LogP contribution in [0.15, 0.2) is 115 Å². The minimum atomic E-state index is -0.268. The summed E-state index contributed by atoms with van der Waals surface area (Å²) < 4.78 is 10.7. The van der Waals surface area contributed by atoms with Crippen LogP contribution in [0, 0.1) is 5.92 Å². The molecule has 0 aliphatic carbocycles. The molecule has 3 atom stereocenters. The van der Waals surface area contributed by atoms with Crippen LogP contribution in [-0.2, 0) is 0 Å². The number of rotatable bonds is 7. The average Bonchev–Trinajstić information content (AvgIpc) is 2.97. The maximum absolute atomic E-state index is 14.2. The summed E-state index contributed by atoms with van der Waals surface area (Å²) in [5.41, 5.74) is 4.11. The molecule has 1 aliphatic heterocycles. The summed E-state index contributed by atoms with van der Waals surface area (Å²) in [7, 11) is 3.31. The number of ketones is 1. The van der Waals surface area contributed by atoms with Crippen molar-refractivity contribution in [2.75, 3.05) is 14.2 Å². The van der Waals surface area contributed by atoms with E-state index in [1.807, 2.05) is 72.8 Å². The molecule has 0 radical (unpaired) electrons. The average molecular weight is 493 g/mol. The van der Waals surface area contributed by atoms with Gasteiger partial charge in [-0.05, 0) is 53.1 Å². The van der Waals surface area contributed by atoms with Gasteiger partial charge >= 0.3 is 0 Å². The second-order valence-electron chi connectivity index (χ2n) is 8.76. The van der Waals surface area contributed by atoms with Gasteiger partial charge in [-0.1, -0.05) is 78.9 Å². The summed E-state index contributed by atoms with van der Waals surface area (Å²) >= 11 is 1.76. The van der Waals surface area contributed by atoms with E-state index in [0.717, 1.165) is 28.2 Å². The SMILES string of the molecule is COc1ccc(C(=O)C2C(c3ccccc3)C=C(c3ccc(OC)cc3)SC2c2ccccc2)cc1. The highest BCUT2D eigenvalue weighted by Gasteiger charge is 2.41. The molecule has 4 aromatic carbocycles. The molecule has 180 valence electrons. The van der Waals surface area contributed by atoms with Crippen LogP contribution in [0.4, 0.5) is 0 Å². The lowest BCUT2D eigenvalue weighted by Crippen LogP contribution is -2.29. The van der Waals surface area contributed by atoms with Crippen molar-refractivity contribution in [1.29, 1.82) is 0 Å². The number of thioether (sulfide) groups is 1. The molecule has 0 aromatic heterocycles. The topological polar surface area (TPSA) is 35.5 Å². The van der Waals surface area contributed by atoms with E-state index in [1.165, 1.54) is 4.91 Å². The third-order valence-corrected chi connectivity index (χ3v) is 8.11. The van der Waals surface area contributed by atoms with Crippen LogP contribution in [0.1, 0.15) is 38.2 Å². The molecule has 1 heterocycles. The van der Waals surface area contributed by atoms with Crippen LogP contribution in [0.25, 0.3) is 4.91 Å². The highest BCUT2D eigenvalue weighted by atomic mass is 32.2. The summed E-state index contributed by atoms with van der Waals surface area (Å²) in [5, 5.41) is -0.0480. The lowest BCUT2D eigenvalue weighted by atomic mass is 9.76. The second kappa shape index (κ2) is 10.9. The number of hydrogen-bond donors (Lipinski definition) is 0. The van der Waals surface area contributed by atoms with Gasteiger partial charge in [0.2, 0.25) is 0 Å². The molecule has 0 spiro atoms. The first kappa shape index (κ1) is 24.0. The number of Topliss-reactive ketones (excluding diaryl/α,β-unsaturated/α-hetero) is 1. The smallest absolute Gasteiger partial charge is 0.168 e. The zero-order chi connectivity index (χ0) is 24.9. The molecular formula is C32H28O3S. The normalized spacial score (nSPS) is 19.3. The van der Waals surface area contributed by atoms with E-state index in [9.17, 15) is 4.79 Å². The highest BCUT2D eigenvalue weighted by Crippen LogP contribution is 2.55. The number of methoxy groups -OCH3 is 2. The summed E-state index contributed by atoms with van der Waals surface area (Å²) in [6.07, 6.45) is 2.27. The first-order chi connectivity index (χ1) is 17.7. The van der Waals surface area contributed by atoms with Crippen molar-refractivity contribution in [3.05, 3.63) is 138 Å². The predicted molar refractivity (Wildman–Crippen MR) is 148 cm³/mol. The Bertz CT molecular complexity index is 1330. The molecule has 3 nitrogen and oxygen atoms in total. The van der Waals surface area contributed by atoms with Crippen LogP contribution in [0.2, 0.25) is 0 Å². The molecular weight excluding hydrogens is 464 g/mol. The Kier molecular flexibility index (Phi) is 7.24. The van der Waals surface area contributed by atoms with Gasteiger partial charge in [-0.2, -0.15) is 0 Å². The molecule has 36 heavy (non-hydrogen) atoms. The first-order valence-corrected chi connectivity index (χ1v) is 12.9. The van der Waals surface area contributed by atoms with Gasteiger partial charge in [-0.25, -0.2) is 0 Å². The van der Waals surface area contributed by atoms with Gasteiger partial charge in [-0.15, -0.1) is 11.8 Å². The van der Waals surface area contributed by atoms with E-state index in [2.05, 4.69) is 42.5 Å². The van der Waals surface area contributed by atoms with Gasteiger partial charge in [0, 0.05) is 27.6 Å². The molecule has 4 aromatic rings. The van der Waals surface area contributed by atoms with Crippen LogP contribution in [-0.4, -0.2) is 20.0 Å². The van der Waals surface area contributed by atoms with Crippen molar-refractivity contribution >= 4 is 22.5 Å². The van der Waals surface area contributed by atoms with E-state index < -0.39 is 0 Å². The molecule has 0 saturated carbocycles. The summed E-state index contributed by atoms with van der Waals surface area (Å²) in [6.45, 7) is 0. The third-order valence-electron chi connectivity index (χ3n) is 6.66. The molecule has 0 amide bonds. The number of benzene rings is 4. The van der Waals surface area contributed by atoms with Gasteiger partial charge in [0.1, 0.15) is 11.5 Å². The minimum absolute atomic E-state index is 0.0480. The molecule has 3 unspecified atom stereocenters. The summed E-state index contributed by atoms with van der Waals surface area (Å²) in [4.78, 5) is 15.4. The van der Waals surface area contributed by atoms with Crippen molar-refractivity contribution in [2.45, 2.75) is 11.2 Å². The Labute approximate surface area is 216 Å². The molecule has 0 bridgehead atoms. The van der Waals surface area contributed by atoms with Gasteiger partial charge in [0.05, 0.1) is 14.2 Å². The number of allylic oxidation sites excluding steroid dienone is 1. The second-order valence-corrected chi connectivity index (χ2v) is 9.95. The van der Waals surface area contributed by atoms with Crippen LogP contribution < -0.4 is 9.47 Å². The maximum atomic E-state index is 14.2. The number of carbonyl (C=O) groups excluding carboxylic acids is 1. The van der Waals surface area contributed by atoms with Crippen molar-refractivity contribution in [3.63, 3.8) is 0 Å². The Morgan fingerprint density at radius 2 is 1.19 bits per heavy atom. The van der Waals surface area contributed by atoms with Crippen molar-refractivity contribution < 1.29 is 14.3 Å². The Balaban J connectivity index is 1.65. The van der Waals surface area contributed by atoms with Crippen LogP contribution in [0.5, 0.6) is 11.5 Å². The fourth-order valence-electron chi connectivity index (χ4n) is 4.77. The lowest BCUT2D eigenvalue weighted by molar-refractivity contribution is 0.0906. The van der Waals surface area contributed by atoms with E-state index >= 15 is 0 Å². The van der Waals surface area contributed by atoms with Gasteiger partial charge in [-0.3, -0.25) is 4.79 Å². The number of carbonyl (C=O) groups is 1. The summed E-state index contributed by atoms with van der Waals surface area (Å²) in [5.74, 6) is 1.36. The molecule has 0 fully saturated rings. The van der Waals surface area contributed by atoms with Crippen molar-refractivity contribution in [3.8, 4) is 11.5 Å². The molecule has 4 heteroatoms. The predicted octanol–water partition coefficient (Wildman–Crippen LogP) is 7.82. The van der Waals surface area contributed by atoms with E-state index in [-0.39, 0.29) is 22.9 Å². The maximum Gasteiger partial charge on any atom is 0.168 e. The first-order valence-electron chi connectivity index (χ1n) is 12.0. The molecule has 0 N–H and O–H groups in total. The zero-order valence-electron chi connectivity index (χ0n) is 20.3. The fraction of sp³-hybridized carbons (Fsp3) is 0.156. The van der Waals surface area contributed by atoms with Gasteiger partial charge in [0.25, 0.3) is 0 Å². The fourth-order valence-corrected chi connectivity index (χ4v) is 6.27. The highest BCUT2D eigenvalue weighted by molar-refractivity contribution is 8.08. The third kappa shape index (κ3) is 4.95. The monoisotopic (exact) mass is 492 g/mol. The van der Waals surface area contributed by atoms with E-state index in [1.54, 1.807) is 26.0 Å². The Hall–Kier alpha value is -3.76. The van der Waals surface area contributed by atoms with Gasteiger partial charge in [0.15, 0.2) is 5.78 Å². The number of hydrogen-bond acceptors (Lipinski definition) is 4. The number of ether oxygens (including phenoxy) is 2. The quantitative estimate of drug-likeness (QED) is 0.246. The van der Waals surface area contributed by atoms with Gasteiger partial charge < -0.3 is 9.47 Å². The summed E-state index contributed by atoms with van der Waals surface area (Å²) in [6, 6.07) is 36.4. The van der Waals surface area contributed by atoms with Crippen LogP contribution in [0.3, 0.4) is 0 Å². The Morgan fingerprint density at radius 3 is 1.75 bits per heavy atom. The van der Waals surface area contributed by atoms with E-state index in [4.69, 9.17) is 9.47 Å². The zero-order valence-corrected chi connectivity index (χ0v) is 21.2. The largest absolute Gasteiger partial charge is 0.497 e. The van der Waals surface area contributed by atoms with Crippen molar-refractivity contribution in [2.24, 2.45) is 5.92 Å². The molecule has 5 rings (SSSR count). The Morgan fingerprint density at radius 1 is 0.667 bits per heavy atom. The molecule has 1 aliphatic rings. The van der Waals surface area contributed by atoms with Crippen molar-refractivity contribution in [1.82, 2.24) is 0 Å².